The van der Waals surface area contributed by atoms with Crippen molar-refractivity contribution in [3.05, 3.63) is 34.9 Å². The van der Waals surface area contributed by atoms with Gasteiger partial charge in [0.2, 0.25) is 0 Å². The number of benzene rings is 1. The summed E-state index contributed by atoms with van der Waals surface area (Å²) in [7, 11) is 0. The van der Waals surface area contributed by atoms with Gasteiger partial charge in [-0.25, -0.2) is 0 Å². The molecule has 16 heavy (non-hydrogen) atoms. The minimum Gasteiger partial charge on any atom is -0.327 e. The van der Waals surface area contributed by atoms with E-state index in [1.807, 2.05) is 0 Å². The summed E-state index contributed by atoms with van der Waals surface area (Å²) >= 11 is 0. The summed E-state index contributed by atoms with van der Waals surface area (Å²) in [4.78, 5) is 0. The Morgan fingerprint density at radius 2 is 1.94 bits per heavy atom. The van der Waals surface area contributed by atoms with Crippen molar-refractivity contribution in [1.82, 2.24) is 0 Å². The molecule has 0 saturated heterocycles. The largest absolute Gasteiger partial charge is 0.327 e. The lowest BCUT2D eigenvalue weighted by molar-refractivity contribution is 0.306. The summed E-state index contributed by atoms with van der Waals surface area (Å²) < 4.78 is 0. The van der Waals surface area contributed by atoms with Gasteiger partial charge in [0, 0.05) is 6.04 Å². The molecule has 0 radical (unpaired) electrons. The fraction of sp³-hybridized carbons (Fsp3) is 0.600. The van der Waals surface area contributed by atoms with Gasteiger partial charge in [-0.2, -0.15) is 0 Å². The number of hydrogen-bond donors (Lipinski definition) is 1. The van der Waals surface area contributed by atoms with Crippen LogP contribution in [0.4, 0.5) is 0 Å². The van der Waals surface area contributed by atoms with Crippen LogP contribution in [0.2, 0.25) is 0 Å². The average molecular weight is 217 g/mol. The first-order valence-corrected chi connectivity index (χ1v) is 6.48. The van der Waals surface area contributed by atoms with Crippen LogP contribution in [0.25, 0.3) is 0 Å². The van der Waals surface area contributed by atoms with Gasteiger partial charge in [-0.3, -0.25) is 0 Å². The Kier molecular flexibility index (Phi) is 3.65. The Labute approximate surface area is 99.0 Å². The maximum absolute atomic E-state index is 6.21. The van der Waals surface area contributed by atoms with Crippen molar-refractivity contribution >= 4 is 0 Å². The third kappa shape index (κ3) is 2.65. The van der Waals surface area contributed by atoms with Crippen LogP contribution in [0.5, 0.6) is 0 Å². The lowest BCUT2D eigenvalue weighted by atomic mass is 9.80. The SMILES string of the molecule is Cc1ccc(C)c(CC2CCCCC2N)c1. The van der Waals surface area contributed by atoms with Gasteiger partial charge in [0.05, 0.1) is 0 Å². The van der Waals surface area contributed by atoms with E-state index in [1.54, 1.807) is 0 Å². The van der Waals surface area contributed by atoms with Gasteiger partial charge in [0.25, 0.3) is 0 Å². The number of nitrogens with two attached hydrogens (primary N) is 1. The maximum Gasteiger partial charge on any atom is 0.00703 e. The standard InChI is InChI=1S/C15H23N/c1-11-7-8-12(2)14(9-11)10-13-5-3-4-6-15(13)16/h7-9,13,15H,3-6,10,16H2,1-2H3. The fourth-order valence-electron chi connectivity index (χ4n) is 2.79. The van der Waals surface area contributed by atoms with Crippen LogP contribution >= 0.6 is 0 Å². The molecule has 0 spiro atoms. The van der Waals surface area contributed by atoms with Crippen molar-refractivity contribution < 1.29 is 0 Å². The summed E-state index contributed by atoms with van der Waals surface area (Å²) in [6.45, 7) is 4.38. The van der Waals surface area contributed by atoms with Gasteiger partial charge in [-0.05, 0) is 50.2 Å². The van der Waals surface area contributed by atoms with Gasteiger partial charge < -0.3 is 5.73 Å². The molecule has 0 aromatic heterocycles. The highest BCUT2D eigenvalue weighted by Gasteiger charge is 2.22. The number of rotatable bonds is 2. The lowest BCUT2D eigenvalue weighted by Gasteiger charge is -2.29. The highest BCUT2D eigenvalue weighted by molar-refractivity contribution is 5.31. The topological polar surface area (TPSA) is 26.0 Å². The predicted octanol–water partition coefficient (Wildman–Crippen LogP) is 3.36. The van der Waals surface area contributed by atoms with Crippen LogP contribution in [0.1, 0.15) is 42.4 Å². The average Bonchev–Trinajstić information content (AvgIpc) is 2.27. The van der Waals surface area contributed by atoms with E-state index in [1.165, 1.54) is 48.8 Å². The van der Waals surface area contributed by atoms with Crippen molar-refractivity contribution in [2.24, 2.45) is 11.7 Å². The van der Waals surface area contributed by atoms with E-state index in [9.17, 15) is 0 Å². The predicted molar refractivity (Wildman–Crippen MR) is 69.6 cm³/mol. The molecular weight excluding hydrogens is 194 g/mol. The first-order chi connectivity index (χ1) is 7.66. The molecule has 1 saturated carbocycles. The van der Waals surface area contributed by atoms with Crippen molar-refractivity contribution in [3.63, 3.8) is 0 Å². The van der Waals surface area contributed by atoms with Crippen molar-refractivity contribution in [2.75, 3.05) is 0 Å². The van der Waals surface area contributed by atoms with E-state index in [-0.39, 0.29) is 0 Å². The molecule has 1 aromatic carbocycles. The Hall–Kier alpha value is -0.820. The van der Waals surface area contributed by atoms with E-state index < -0.39 is 0 Å². The van der Waals surface area contributed by atoms with Crippen LogP contribution < -0.4 is 5.73 Å². The normalized spacial score (nSPS) is 25.7. The highest BCUT2D eigenvalue weighted by Crippen LogP contribution is 2.27. The second kappa shape index (κ2) is 5.01. The molecule has 1 heteroatoms. The van der Waals surface area contributed by atoms with Crippen molar-refractivity contribution in [3.8, 4) is 0 Å². The molecule has 0 bridgehead atoms. The molecule has 2 atom stereocenters. The molecule has 0 amide bonds. The molecule has 2 unspecified atom stereocenters. The quantitative estimate of drug-likeness (QED) is 0.807. The van der Waals surface area contributed by atoms with E-state index >= 15 is 0 Å². The van der Waals surface area contributed by atoms with E-state index in [4.69, 9.17) is 5.73 Å². The fourth-order valence-corrected chi connectivity index (χ4v) is 2.79. The minimum atomic E-state index is 0.425. The Morgan fingerprint density at radius 3 is 2.69 bits per heavy atom. The Morgan fingerprint density at radius 1 is 1.19 bits per heavy atom. The molecule has 1 fully saturated rings. The summed E-state index contributed by atoms with van der Waals surface area (Å²) in [5, 5.41) is 0. The third-order valence-corrected chi connectivity index (χ3v) is 3.95. The van der Waals surface area contributed by atoms with E-state index in [2.05, 4.69) is 32.0 Å². The van der Waals surface area contributed by atoms with Crippen LogP contribution in [-0.2, 0) is 6.42 Å². The van der Waals surface area contributed by atoms with Crippen LogP contribution in [0, 0.1) is 19.8 Å². The van der Waals surface area contributed by atoms with E-state index in [0.717, 1.165) is 0 Å². The van der Waals surface area contributed by atoms with Crippen molar-refractivity contribution in [2.45, 2.75) is 52.0 Å². The number of hydrogen-bond acceptors (Lipinski definition) is 1. The molecule has 1 aromatic rings. The molecule has 1 aliphatic carbocycles. The minimum absolute atomic E-state index is 0.425. The smallest absolute Gasteiger partial charge is 0.00703 e. The maximum atomic E-state index is 6.21. The lowest BCUT2D eigenvalue weighted by Crippen LogP contribution is -2.34. The molecule has 2 N–H and O–H groups in total. The molecule has 1 aliphatic rings. The first kappa shape index (κ1) is 11.7. The van der Waals surface area contributed by atoms with Crippen LogP contribution in [0.3, 0.4) is 0 Å². The third-order valence-electron chi connectivity index (χ3n) is 3.95. The van der Waals surface area contributed by atoms with Gasteiger partial charge in [0.1, 0.15) is 0 Å². The molecule has 0 heterocycles. The molecule has 2 rings (SSSR count). The Balaban J connectivity index is 2.10. The first-order valence-electron chi connectivity index (χ1n) is 6.48. The molecule has 88 valence electrons. The van der Waals surface area contributed by atoms with E-state index in [0.29, 0.717) is 12.0 Å². The monoisotopic (exact) mass is 217 g/mol. The molecule has 0 aliphatic heterocycles. The number of aryl methyl sites for hydroxylation is 2. The highest BCUT2D eigenvalue weighted by atomic mass is 14.7. The van der Waals surface area contributed by atoms with Gasteiger partial charge in [-0.15, -0.1) is 0 Å². The zero-order valence-corrected chi connectivity index (χ0v) is 10.5. The van der Waals surface area contributed by atoms with Crippen molar-refractivity contribution in [1.29, 1.82) is 0 Å². The second-order valence-corrected chi connectivity index (χ2v) is 5.34. The van der Waals surface area contributed by atoms with Crippen LogP contribution in [-0.4, -0.2) is 6.04 Å². The van der Waals surface area contributed by atoms with Crippen LogP contribution in [0.15, 0.2) is 18.2 Å². The van der Waals surface area contributed by atoms with Gasteiger partial charge in [-0.1, -0.05) is 36.6 Å². The zero-order valence-electron chi connectivity index (χ0n) is 10.5. The summed E-state index contributed by atoms with van der Waals surface area (Å²) in [5.41, 5.74) is 10.5. The summed E-state index contributed by atoms with van der Waals surface area (Å²) in [6.07, 6.45) is 6.40. The zero-order chi connectivity index (χ0) is 11.5. The molecule has 1 nitrogen and oxygen atoms in total. The second-order valence-electron chi connectivity index (χ2n) is 5.34. The Bertz CT molecular complexity index is 356. The molecular formula is C15H23N. The van der Waals surface area contributed by atoms with Gasteiger partial charge in [0.15, 0.2) is 0 Å². The summed E-state index contributed by atoms with van der Waals surface area (Å²) in [5.74, 6) is 0.703. The summed E-state index contributed by atoms with van der Waals surface area (Å²) in [6, 6.07) is 7.18. The van der Waals surface area contributed by atoms with Gasteiger partial charge >= 0.3 is 0 Å².